The van der Waals surface area contributed by atoms with E-state index in [1.807, 2.05) is 43.3 Å². The monoisotopic (exact) mass is 1040 g/mol. The minimum Gasteiger partial charge on any atom is -0.508 e. The third kappa shape index (κ3) is 19.8. The average Bonchev–Trinajstić information content (AvgIpc) is 3.35. The molecule has 1 aliphatic rings. The molecule has 0 radical (unpaired) electrons. The predicted octanol–water partition coefficient (Wildman–Crippen LogP) is 3.54. The van der Waals surface area contributed by atoms with Crippen molar-refractivity contribution in [1.29, 1.82) is 0 Å². The van der Waals surface area contributed by atoms with Crippen LogP contribution in [0.1, 0.15) is 92.2 Å². The van der Waals surface area contributed by atoms with Gasteiger partial charge in [-0.05, 0) is 67.7 Å². The van der Waals surface area contributed by atoms with Crippen molar-refractivity contribution in [2.24, 2.45) is 29.6 Å². The summed E-state index contributed by atoms with van der Waals surface area (Å²) >= 11 is 0. The van der Waals surface area contributed by atoms with E-state index in [9.17, 15) is 58.5 Å². The highest BCUT2D eigenvalue weighted by Crippen LogP contribution is 2.20. The van der Waals surface area contributed by atoms with E-state index in [2.05, 4.69) is 38.5 Å². The van der Waals surface area contributed by atoms with Crippen molar-refractivity contribution < 1.29 is 63.2 Å². The highest BCUT2D eigenvalue weighted by Gasteiger charge is 2.38. The molecular weight excluding hydrogens is 967 g/mol. The van der Waals surface area contributed by atoms with Crippen molar-refractivity contribution in [3.8, 4) is 5.75 Å². The van der Waals surface area contributed by atoms with Gasteiger partial charge in [0, 0.05) is 32.9 Å². The zero-order chi connectivity index (χ0) is 56.3. The Morgan fingerprint density at radius 2 is 1.27 bits per heavy atom. The number of ether oxygens (including phenoxy) is 1. The molecule has 0 saturated carbocycles. The lowest BCUT2D eigenvalue weighted by molar-refractivity contribution is -0.146. The molecule has 20 nitrogen and oxygen atoms in total. The molecule has 75 heavy (non-hydrogen) atoms. The lowest BCUT2D eigenvalue weighted by Gasteiger charge is -2.29. The Morgan fingerprint density at radius 1 is 0.720 bits per heavy atom. The first-order valence-corrected chi connectivity index (χ1v) is 25.2. The number of likely N-dealkylation sites (N-methyl/N-ethyl adjacent to an activating group) is 1. The van der Waals surface area contributed by atoms with Gasteiger partial charge in [-0.25, -0.2) is 9.59 Å². The number of nitrogens with zero attached hydrogens (tertiary/aromatic N) is 1. The van der Waals surface area contributed by atoms with Gasteiger partial charge in [-0.2, -0.15) is 0 Å². The maximum atomic E-state index is 14.6. The van der Waals surface area contributed by atoms with Crippen LogP contribution in [0.15, 0.2) is 90.7 Å². The lowest BCUT2D eigenvalue weighted by Crippen LogP contribution is -2.59. The number of hydrogen-bond acceptors (Lipinski definition) is 11. The second kappa shape index (κ2) is 29.5. The zero-order valence-corrected chi connectivity index (χ0v) is 44.7. The van der Waals surface area contributed by atoms with Crippen LogP contribution in [0.4, 0.5) is 0 Å². The summed E-state index contributed by atoms with van der Waals surface area (Å²) in [7, 11) is 2.85. The number of aliphatic carboxylic acids is 2. The lowest BCUT2D eigenvalue weighted by atomic mass is 9.94. The Balaban J connectivity index is 2.18. The summed E-state index contributed by atoms with van der Waals surface area (Å²) in [6.45, 7) is 17.3. The van der Waals surface area contributed by atoms with Crippen molar-refractivity contribution in [3.05, 3.63) is 102 Å². The summed E-state index contributed by atoms with van der Waals surface area (Å²) in [6, 6.07) is 6.66. The number of carboxylic acids is 2. The summed E-state index contributed by atoms with van der Waals surface area (Å²) in [4.78, 5) is 124. The number of hydrogen-bond donors (Lipinski definition) is 9. The zero-order valence-electron chi connectivity index (χ0n) is 44.7. The molecule has 0 spiro atoms. The molecule has 1 aliphatic heterocycles. The Morgan fingerprint density at radius 3 is 1.83 bits per heavy atom. The Hall–Kier alpha value is -7.35. The van der Waals surface area contributed by atoms with Gasteiger partial charge in [0.25, 0.3) is 5.91 Å². The van der Waals surface area contributed by atoms with E-state index >= 15 is 0 Å². The van der Waals surface area contributed by atoms with Gasteiger partial charge in [-0.15, -0.1) is 0 Å². The van der Waals surface area contributed by atoms with E-state index in [0.717, 1.165) is 10.5 Å². The molecule has 1 fully saturated rings. The summed E-state index contributed by atoms with van der Waals surface area (Å²) in [5.74, 6) is -12.6. The fraction of sp³-hybridized carbons (Fsp3) is 0.509. The molecule has 2 aromatic rings. The number of rotatable bonds is 15. The van der Waals surface area contributed by atoms with Gasteiger partial charge < -0.3 is 56.9 Å². The average molecular weight is 1040 g/mol. The molecule has 10 atom stereocenters. The molecule has 9 N–H and O–H groups in total. The van der Waals surface area contributed by atoms with Crippen LogP contribution in [0.25, 0.3) is 0 Å². The number of nitrogens with one attached hydrogen (secondary N) is 6. The molecule has 1 saturated heterocycles. The molecule has 0 bridgehead atoms. The van der Waals surface area contributed by atoms with Crippen LogP contribution >= 0.6 is 0 Å². The van der Waals surface area contributed by atoms with Crippen molar-refractivity contribution in [1.82, 2.24) is 36.8 Å². The van der Waals surface area contributed by atoms with E-state index in [0.29, 0.717) is 17.6 Å². The Labute approximate surface area is 439 Å². The molecule has 1 heterocycles. The number of carbonyl (C=O) groups excluding carboxylic acids is 7. The second-order valence-corrected chi connectivity index (χ2v) is 20.1. The number of amides is 7. The largest absolute Gasteiger partial charge is 0.508 e. The first kappa shape index (κ1) is 61.9. The number of carboxylic acid groups (broad SMARTS) is 2. The van der Waals surface area contributed by atoms with Crippen molar-refractivity contribution >= 4 is 53.3 Å². The summed E-state index contributed by atoms with van der Waals surface area (Å²) < 4.78 is 5.83. The van der Waals surface area contributed by atoms with E-state index in [1.54, 1.807) is 47.8 Å². The standard InChI is InChI=1S/C55H77N7O13/c1-30(2)25-42-51(68)60-43(26-31(3)4)53(70)61-47(55(73)74)35(8)49(66)58-44(28-38-18-20-39(63)21-19-38)52(69)56-40(22-17-32(5)27-33(6)45(75-11)29-37-15-13-12-14-16-37)34(7)48(65)57-41(54(71)72)23-24-46(64)62(10)36(9)50(67)59-42/h12-22,27,30-31,33-35,40-45,47,63H,9,23-26,28-29H2,1-8,10-11H3,(H,56,69)(H,57,65)(H,58,66)(H,59,67)(H,60,68)(H,61,70)(H,71,72)(H,73,74). The molecule has 410 valence electrons. The van der Waals surface area contributed by atoms with Crippen LogP contribution in [0.5, 0.6) is 5.75 Å². The predicted molar refractivity (Wildman–Crippen MR) is 280 cm³/mol. The minimum atomic E-state index is -1.90. The van der Waals surface area contributed by atoms with E-state index in [4.69, 9.17) is 4.74 Å². The molecule has 7 amide bonds. The fourth-order valence-electron chi connectivity index (χ4n) is 8.34. The van der Waals surface area contributed by atoms with E-state index in [-0.39, 0.29) is 48.9 Å². The molecule has 0 aliphatic carbocycles. The topological polar surface area (TPSA) is 299 Å². The summed E-state index contributed by atoms with van der Waals surface area (Å²) in [6.07, 6.45) is 4.46. The number of phenolic OH excluding ortho intramolecular Hbond substituents is 1. The van der Waals surface area contributed by atoms with Gasteiger partial charge >= 0.3 is 11.9 Å². The summed E-state index contributed by atoms with van der Waals surface area (Å²) in [5, 5.41) is 46.2. The Kier molecular flexibility index (Phi) is 24.4. The van der Waals surface area contributed by atoms with E-state index < -0.39 is 120 Å². The van der Waals surface area contributed by atoms with Gasteiger partial charge in [0.2, 0.25) is 35.4 Å². The summed E-state index contributed by atoms with van der Waals surface area (Å²) in [5.41, 5.74) is 1.83. The van der Waals surface area contributed by atoms with Crippen LogP contribution in [0.2, 0.25) is 0 Å². The highest BCUT2D eigenvalue weighted by molar-refractivity contribution is 6.00. The maximum absolute atomic E-state index is 14.6. The van der Waals surface area contributed by atoms with Crippen LogP contribution < -0.4 is 31.9 Å². The van der Waals surface area contributed by atoms with Crippen molar-refractivity contribution in [2.45, 2.75) is 136 Å². The third-order valence-electron chi connectivity index (χ3n) is 13.0. The number of carbonyl (C=O) groups is 9. The van der Waals surface area contributed by atoms with Gasteiger partial charge in [0.15, 0.2) is 0 Å². The Bertz CT molecular complexity index is 2410. The van der Waals surface area contributed by atoms with E-state index in [1.165, 1.54) is 51.2 Å². The normalized spacial score (nSPS) is 24.7. The van der Waals surface area contributed by atoms with Crippen molar-refractivity contribution in [3.63, 3.8) is 0 Å². The quantitative estimate of drug-likeness (QED) is 0.0913. The van der Waals surface area contributed by atoms with Crippen LogP contribution in [-0.2, 0) is 60.7 Å². The first-order chi connectivity index (χ1) is 35.2. The molecular formula is C55H77N7O13. The number of benzene rings is 2. The smallest absolute Gasteiger partial charge is 0.327 e. The molecule has 10 unspecified atom stereocenters. The van der Waals surface area contributed by atoms with Gasteiger partial charge in [-0.3, -0.25) is 33.6 Å². The first-order valence-electron chi connectivity index (χ1n) is 25.2. The number of allylic oxidation sites excluding steroid dienone is 2. The molecule has 20 heteroatoms. The van der Waals surface area contributed by atoms with Gasteiger partial charge in [0.05, 0.1) is 24.0 Å². The number of aromatic hydroxyl groups is 1. The highest BCUT2D eigenvalue weighted by atomic mass is 16.5. The maximum Gasteiger partial charge on any atom is 0.327 e. The van der Waals surface area contributed by atoms with Gasteiger partial charge in [0.1, 0.15) is 41.7 Å². The van der Waals surface area contributed by atoms with Crippen LogP contribution in [-0.4, -0.2) is 130 Å². The van der Waals surface area contributed by atoms with Crippen molar-refractivity contribution in [2.75, 3.05) is 14.2 Å². The van der Waals surface area contributed by atoms with Crippen LogP contribution in [0, 0.1) is 29.6 Å². The fourth-order valence-corrected chi connectivity index (χ4v) is 8.34. The van der Waals surface area contributed by atoms with Crippen LogP contribution in [0.3, 0.4) is 0 Å². The molecule has 2 aromatic carbocycles. The van der Waals surface area contributed by atoms with Gasteiger partial charge in [-0.1, -0.05) is 121 Å². The number of methoxy groups -OCH3 is 1. The number of phenols is 1. The SMILES string of the molecule is C=C1C(=O)NC(CC(C)C)C(=O)NC(CC(C)C)C(=O)NC(C(=O)O)C(C)C(=O)NC(Cc2ccc(O)cc2)C(=O)NC(C=CC(C)=CC(C)C(Cc2ccccc2)OC)C(C)C(=O)NC(C(=O)O)CCC(=O)N1C. The minimum absolute atomic E-state index is 0.00463. The third-order valence-corrected chi connectivity index (χ3v) is 13.0. The second-order valence-electron chi connectivity index (χ2n) is 20.1. The molecule has 0 aromatic heterocycles. The molecule has 3 rings (SSSR count).